The maximum absolute atomic E-state index is 5.43. The molecule has 1 N–H and O–H groups in total. The largest absolute Gasteiger partial charge is 0.382 e. The minimum atomic E-state index is 0.430. The molecule has 1 unspecified atom stereocenters. The fourth-order valence-electron chi connectivity index (χ4n) is 1.96. The van der Waals surface area contributed by atoms with Crippen molar-refractivity contribution in [2.24, 2.45) is 0 Å². The van der Waals surface area contributed by atoms with E-state index < -0.39 is 0 Å². The number of likely N-dealkylation sites (N-methyl/N-ethyl adjacent to an activating group) is 1. The molecule has 1 aromatic rings. The lowest BCUT2D eigenvalue weighted by molar-refractivity contribution is 0.136. The Labute approximate surface area is 111 Å². The van der Waals surface area contributed by atoms with Gasteiger partial charge in [-0.3, -0.25) is 4.68 Å². The van der Waals surface area contributed by atoms with Crippen molar-refractivity contribution < 1.29 is 4.74 Å². The van der Waals surface area contributed by atoms with E-state index >= 15 is 0 Å². The summed E-state index contributed by atoms with van der Waals surface area (Å²) in [5, 5.41) is 8.10. The van der Waals surface area contributed by atoms with E-state index in [1.54, 1.807) is 0 Å². The Kier molecular flexibility index (Phi) is 6.98. The van der Waals surface area contributed by atoms with Crippen LogP contribution in [0.4, 0.5) is 0 Å². The van der Waals surface area contributed by atoms with Gasteiger partial charge in [0.1, 0.15) is 0 Å². The highest BCUT2D eigenvalue weighted by Crippen LogP contribution is 2.08. The fraction of sp³-hybridized carbons (Fsp3) is 0.786. The topological polar surface area (TPSA) is 39.1 Å². The van der Waals surface area contributed by atoms with Gasteiger partial charge in [0.2, 0.25) is 0 Å². The van der Waals surface area contributed by atoms with E-state index in [4.69, 9.17) is 4.74 Å². The Bertz CT molecular complexity index is 323. The summed E-state index contributed by atoms with van der Waals surface area (Å²) >= 11 is 0. The third kappa shape index (κ3) is 5.19. The van der Waals surface area contributed by atoms with E-state index in [1.165, 1.54) is 0 Å². The number of ether oxygens (including phenoxy) is 1. The summed E-state index contributed by atoms with van der Waals surface area (Å²) in [7, 11) is 0. The highest BCUT2D eigenvalue weighted by Gasteiger charge is 2.11. The molecule has 0 aliphatic rings. The third-order valence-electron chi connectivity index (χ3n) is 2.96. The standard InChI is InChI=1S/C14H27N3O/c1-5-15-13(8-10-18-6-2)11-14-7-9-17(16-14)12(3)4/h7,9,12-13,15H,5-6,8,10-11H2,1-4H3. The zero-order valence-corrected chi connectivity index (χ0v) is 12.1. The van der Waals surface area contributed by atoms with Gasteiger partial charge in [-0.2, -0.15) is 5.10 Å². The molecule has 0 aliphatic heterocycles. The van der Waals surface area contributed by atoms with Crippen LogP contribution in [0.1, 0.15) is 45.9 Å². The fourth-order valence-corrected chi connectivity index (χ4v) is 1.96. The van der Waals surface area contributed by atoms with Crippen molar-refractivity contribution in [3.63, 3.8) is 0 Å². The Hall–Kier alpha value is -0.870. The number of hydrogen-bond acceptors (Lipinski definition) is 3. The minimum absolute atomic E-state index is 0.430. The van der Waals surface area contributed by atoms with Gasteiger partial charge in [-0.05, 0) is 39.8 Å². The summed E-state index contributed by atoms with van der Waals surface area (Å²) in [6.45, 7) is 11.1. The first kappa shape index (κ1) is 15.2. The quantitative estimate of drug-likeness (QED) is 0.687. The van der Waals surface area contributed by atoms with Gasteiger partial charge in [0.15, 0.2) is 0 Å². The number of aromatic nitrogens is 2. The van der Waals surface area contributed by atoms with E-state index in [9.17, 15) is 0 Å². The summed E-state index contributed by atoms with van der Waals surface area (Å²) in [4.78, 5) is 0. The lowest BCUT2D eigenvalue weighted by Crippen LogP contribution is -2.32. The van der Waals surface area contributed by atoms with E-state index in [1.807, 2.05) is 11.6 Å². The van der Waals surface area contributed by atoms with E-state index in [0.29, 0.717) is 12.1 Å². The number of rotatable bonds is 9. The molecule has 1 heterocycles. The highest BCUT2D eigenvalue weighted by molar-refractivity contribution is 5.02. The van der Waals surface area contributed by atoms with Crippen LogP contribution in [0, 0.1) is 0 Å². The molecule has 0 aromatic carbocycles. The van der Waals surface area contributed by atoms with Crippen molar-refractivity contribution in [3.05, 3.63) is 18.0 Å². The zero-order valence-electron chi connectivity index (χ0n) is 12.1. The number of nitrogens with zero attached hydrogens (tertiary/aromatic N) is 2. The predicted octanol–water partition coefficient (Wildman–Crippen LogP) is 2.41. The highest BCUT2D eigenvalue weighted by atomic mass is 16.5. The number of nitrogens with one attached hydrogen (secondary N) is 1. The first-order chi connectivity index (χ1) is 8.67. The lowest BCUT2D eigenvalue weighted by Gasteiger charge is -2.16. The van der Waals surface area contributed by atoms with Gasteiger partial charge < -0.3 is 10.1 Å². The molecule has 18 heavy (non-hydrogen) atoms. The third-order valence-corrected chi connectivity index (χ3v) is 2.96. The molecular formula is C14H27N3O. The molecule has 0 bridgehead atoms. The molecule has 4 heteroatoms. The molecule has 1 aromatic heterocycles. The zero-order chi connectivity index (χ0) is 13.4. The van der Waals surface area contributed by atoms with Crippen LogP contribution < -0.4 is 5.32 Å². The summed E-state index contributed by atoms with van der Waals surface area (Å²) in [5.41, 5.74) is 1.16. The van der Waals surface area contributed by atoms with Gasteiger partial charge in [0, 0.05) is 37.9 Å². The van der Waals surface area contributed by atoms with Crippen LogP contribution in [0.25, 0.3) is 0 Å². The molecule has 1 rings (SSSR count). The SMILES string of the molecule is CCNC(CCOCC)Cc1ccn(C(C)C)n1. The summed E-state index contributed by atoms with van der Waals surface area (Å²) < 4.78 is 7.44. The second-order valence-electron chi connectivity index (χ2n) is 4.83. The molecule has 4 nitrogen and oxygen atoms in total. The molecule has 0 saturated carbocycles. The second kappa shape index (κ2) is 8.27. The number of hydrogen-bond donors (Lipinski definition) is 1. The molecule has 0 fully saturated rings. The molecule has 0 aliphatic carbocycles. The van der Waals surface area contributed by atoms with Gasteiger partial charge in [-0.25, -0.2) is 0 Å². The first-order valence-electron chi connectivity index (χ1n) is 7.02. The van der Waals surface area contributed by atoms with Crippen molar-refractivity contribution in [1.82, 2.24) is 15.1 Å². The van der Waals surface area contributed by atoms with Gasteiger partial charge in [0.05, 0.1) is 5.69 Å². The summed E-state index contributed by atoms with van der Waals surface area (Å²) in [5.74, 6) is 0. The average Bonchev–Trinajstić information content (AvgIpc) is 2.78. The smallest absolute Gasteiger partial charge is 0.0640 e. The van der Waals surface area contributed by atoms with Crippen LogP contribution in [0.3, 0.4) is 0 Å². The van der Waals surface area contributed by atoms with Gasteiger partial charge >= 0.3 is 0 Å². The molecular weight excluding hydrogens is 226 g/mol. The molecule has 1 atom stereocenters. The van der Waals surface area contributed by atoms with Crippen molar-refractivity contribution in [2.45, 2.75) is 52.6 Å². The Morgan fingerprint density at radius 1 is 1.39 bits per heavy atom. The van der Waals surface area contributed by atoms with Gasteiger partial charge in [-0.1, -0.05) is 6.92 Å². The van der Waals surface area contributed by atoms with Crippen LogP contribution in [0.5, 0.6) is 0 Å². The first-order valence-corrected chi connectivity index (χ1v) is 7.02. The van der Waals surface area contributed by atoms with E-state index in [2.05, 4.69) is 43.4 Å². The van der Waals surface area contributed by atoms with E-state index in [-0.39, 0.29) is 0 Å². The Morgan fingerprint density at radius 3 is 2.72 bits per heavy atom. The van der Waals surface area contributed by atoms with Crippen molar-refractivity contribution in [1.29, 1.82) is 0 Å². The maximum atomic E-state index is 5.43. The predicted molar refractivity (Wildman–Crippen MR) is 74.9 cm³/mol. The molecule has 104 valence electrons. The maximum Gasteiger partial charge on any atom is 0.0640 e. The normalized spacial score (nSPS) is 13.2. The molecule has 0 radical (unpaired) electrons. The van der Waals surface area contributed by atoms with Crippen molar-refractivity contribution >= 4 is 0 Å². The van der Waals surface area contributed by atoms with Crippen molar-refractivity contribution in [2.75, 3.05) is 19.8 Å². The molecule has 0 amide bonds. The Morgan fingerprint density at radius 2 is 2.17 bits per heavy atom. The molecule has 0 saturated heterocycles. The average molecular weight is 253 g/mol. The van der Waals surface area contributed by atoms with Crippen LogP contribution >= 0.6 is 0 Å². The van der Waals surface area contributed by atoms with Crippen LogP contribution in [-0.4, -0.2) is 35.6 Å². The molecule has 0 spiro atoms. The van der Waals surface area contributed by atoms with Crippen LogP contribution in [0.15, 0.2) is 12.3 Å². The van der Waals surface area contributed by atoms with E-state index in [0.717, 1.165) is 38.3 Å². The lowest BCUT2D eigenvalue weighted by atomic mass is 10.1. The van der Waals surface area contributed by atoms with Gasteiger partial charge in [0.25, 0.3) is 0 Å². The van der Waals surface area contributed by atoms with Crippen LogP contribution in [0.2, 0.25) is 0 Å². The van der Waals surface area contributed by atoms with Crippen LogP contribution in [-0.2, 0) is 11.2 Å². The second-order valence-corrected chi connectivity index (χ2v) is 4.83. The summed E-state index contributed by atoms with van der Waals surface area (Å²) in [6.07, 6.45) is 4.07. The van der Waals surface area contributed by atoms with Gasteiger partial charge in [-0.15, -0.1) is 0 Å². The minimum Gasteiger partial charge on any atom is -0.382 e. The summed E-state index contributed by atoms with van der Waals surface area (Å²) in [6, 6.07) is 3.00. The monoisotopic (exact) mass is 253 g/mol. The van der Waals surface area contributed by atoms with Crippen molar-refractivity contribution in [3.8, 4) is 0 Å². The Balaban J connectivity index is 2.47.